The summed E-state index contributed by atoms with van der Waals surface area (Å²) >= 11 is 0. The number of hydrogen-bond acceptors (Lipinski definition) is 7. The van der Waals surface area contributed by atoms with E-state index in [1.165, 1.54) is 21.3 Å². The standard InChI is InChI=1S/C18H20FN5O4S/c1-12-16(10-20-23(12)2)29(25,26)24-7-8-27-15(11-24)18-21-17(22-28-18)9-13-5-3-4-6-14(13)19/h3-6,10,15H,7-9,11H2,1-2H3/t15-/m1/s1. The van der Waals surface area contributed by atoms with Crippen molar-refractivity contribution in [3.8, 4) is 0 Å². The lowest BCUT2D eigenvalue weighted by atomic mass is 10.1. The van der Waals surface area contributed by atoms with Crippen LogP contribution >= 0.6 is 0 Å². The first-order chi connectivity index (χ1) is 13.9. The maximum Gasteiger partial charge on any atom is 0.257 e. The second-order valence-electron chi connectivity index (χ2n) is 6.76. The molecule has 1 aromatic carbocycles. The number of nitrogens with zero attached hydrogens (tertiary/aromatic N) is 5. The van der Waals surface area contributed by atoms with Gasteiger partial charge >= 0.3 is 0 Å². The maximum atomic E-state index is 13.8. The topological polar surface area (TPSA) is 103 Å². The molecule has 1 atom stereocenters. The van der Waals surface area contributed by atoms with Crippen molar-refractivity contribution in [2.24, 2.45) is 7.05 Å². The van der Waals surface area contributed by atoms with Crippen LogP contribution in [0.3, 0.4) is 0 Å². The minimum Gasteiger partial charge on any atom is -0.366 e. The highest BCUT2D eigenvalue weighted by Gasteiger charge is 2.35. The molecule has 1 saturated heterocycles. The molecule has 9 nitrogen and oxygen atoms in total. The molecule has 0 aliphatic carbocycles. The lowest BCUT2D eigenvalue weighted by Crippen LogP contribution is -2.42. The summed E-state index contributed by atoms with van der Waals surface area (Å²) in [5, 5.41) is 7.89. The zero-order chi connectivity index (χ0) is 20.6. The van der Waals surface area contributed by atoms with Gasteiger partial charge in [0.2, 0.25) is 10.0 Å². The Kier molecular flexibility index (Phi) is 5.19. The third-order valence-electron chi connectivity index (χ3n) is 4.90. The molecule has 0 radical (unpaired) electrons. The molecule has 4 rings (SSSR count). The molecule has 11 heteroatoms. The number of rotatable bonds is 5. The van der Waals surface area contributed by atoms with Crippen LogP contribution in [0.15, 0.2) is 39.9 Å². The maximum absolute atomic E-state index is 13.8. The number of halogens is 1. The number of benzene rings is 1. The van der Waals surface area contributed by atoms with Gasteiger partial charge in [-0.15, -0.1) is 0 Å². The molecule has 0 saturated carbocycles. The second-order valence-corrected chi connectivity index (χ2v) is 8.66. The first-order valence-corrected chi connectivity index (χ1v) is 10.5. The highest BCUT2D eigenvalue weighted by Crippen LogP contribution is 2.27. The molecule has 0 amide bonds. The van der Waals surface area contributed by atoms with Crippen molar-refractivity contribution in [3.63, 3.8) is 0 Å². The van der Waals surface area contributed by atoms with Crippen LogP contribution in [-0.2, 0) is 28.2 Å². The van der Waals surface area contributed by atoms with Gasteiger partial charge in [0.05, 0.1) is 18.5 Å². The van der Waals surface area contributed by atoms with Crippen LogP contribution < -0.4 is 0 Å². The Hall–Kier alpha value is -2.63. The highest BCUT2D eigenvalue weighted by molar-refractivity contribution is 7.89. The van der Waals surface area contributed by atoms with Gasteiger partial charge in [0.25, 0.3) is 5.89 Å². The van der Waals surface area contributed by atoms with Gasteiger partial charge in [0.15, 0.2) is 11.9 Å². The third-order valence-corrected chi connectivity index (χ3v) is 6.87. The largest absolute Gasteiger partial charge is 0.366 e. The quantitative estimate of drug-likeness (QED) is 0.616. The molecule has 29 heavy (non-hydrogen) atoms. The summed E-state index contributed by atoms with van der Waals surface area (Å²) in [4.78, 5) is 4.43. The summed E-state index contributed by atoms with van der Waals surface area (Å²) in [6, 6.07) is 6.35. The van der Waals surface area contributed by atoms with Gasteiger partial charge in [-0.05, 0) is 18.6 Å². The first kappa shape index (κ1) is 19.7. The Bertz CT molecular complexity index is 1130. The number of hydrogen-bond donors (Lipinski definition) is 0. The molecular formula is C18H20FN5O4S. The lowest BCUT2D eigenvalue weighted by Gasteiger charge is -2.30. The van der Waals surface area contributed by atoms with Crippen LogP contribution in [0.2, 0.25) is 0 Å². The van der Waals surface area contributed by atoms with Crippen molar-refractivity contribution in [2.75, 3.05) is 19.7 Å². The van der Waals surface area contributed by atoms with Crippen LogP contribution in [0.4, 0.5) is 4.39 Å². The zero-order valence-electron chi connectivity index (χ0n) is 15.9. The Morgan fingerprint density at radius 3 is 2.83 bits per heavy atom. The van der Waals surface area contributed by atoms with Crippen molar-refractivity contribution in [1.29, 1.82) is 0 Å². The molecule has 2 aromatic heterocycles. The van der Waals surface area contributed by atoms with Gasteiger partial charge in [0, 0.05) is 26.6 Å². The van der Waals surface area contributed by atoms with Gasteiger partial charge in [-0.3, -0.25) is 4.68 Å². The summed E-state index contributed by atoms with van der Waals surface area (Å²) in [6.07, 6.45) is 0.811. The molecule has 3 aromatic rings. The van der Waals surface area contributed by atoms with E-state index in [1.807, 2.05) is 0 Å². The Morgan fingerprint density at radius 1 is 1.31 bits per heavy atom. The number of aryl methyl sites for hydroxylation is 1. The number of aromatic nitrogens is 4. The van der Waals surface area contributed by atoms with Crippen molar-refractivity contribution in [2.45, 2.75) is 24.3 Å². The van der Waals surface area contributed by atoms with Gasteiger partial charge in [0.1, 0.15) is 10.7 Å². The Balaban J connectivity index is 1.51. The predicted octanol–water partition coefficient (Wildman–Crippen LogP) is 1.60. The SMILES string of the molecule is Cc1c(S(=O)(=O)N2CCO[C@@H](c3nc(Cc4ccccc4F)no3)C2)cnn1C. The van der Waals surface area contributed by atoms with Gasteiger partial charge in [-0.1, -0.05) is 23.4 Å². The van der Waals surface area contributed by atoms with E-state index in [9.17, 15) is 12.8 Å². The molecule has 0 N–H and O–H groups in total. The predicted molar refractivity (Wildman–Crippen MR) is 98.9 cm³/mol. The average molecular weight is 421 g/mol. The Morgan fingerprint density at radius 2 is 2.10 bits per heavy atom. The number of sulfonamides is 1. The molecular weight excluding hydrogens is 401 g/mol. The molecule has 0 unspecified atom stereocenters. The highest BCUT2D eigenvalue weighted by atomic mass is 32.2. The van der Waals surface area contributed by atoms with Crippen LogP contribution in [0.5, 0.6) is 0 Å². The fourth-order valence-electron chi connectivity index (χ4n) is 3.15. The van der Waals surface area contributed by atoms with Crippen LogP contribution in [0, 0.1) is 12.7 Å². The van der Waals surface area contributed by atoms with E-state index >= 15 is 0 Å². The molecule has 0 spiro atoms. The lowest BCUT2D eigenvalue weighted by molar-refractivity contribution is -0.0199. The van der Waals surface area contributed by atoms with E-state index in [1.54, 1.807) is 32.2 Å². The minimum absolute atomic E-state index is 0.0397. The number of morpholine rings is 1. The second kappa shape index (κ2) is 7.65. The van der Waals surface area contributed by atoms with E-state index in [2.05, 4.69) is 15.2 Å². The fourth-order valence-corrected chi connectivity index (χ4v) is 4.76. The van der Waals surface area contributed by atoms with Crippen molar-refractivity contribution in [1.82, 2.24) is 24.2 Å². The molecule has 3 heterocycles. The summed E-state index contributed by atoms with van der Waals surface area (Å²) in [5.74, 6) is 0.118. The van der Waals surface area contributed by atoms with E-state index in [0.29, 0.717) is 17.1 Å². The summed E-state index contributed by atoms with van der Waals surface area (Å²) < 4.78 is 53.6. The van der Waals surface area contributed by atoms with Gasteiger partial charge in [-0.25, -0.2) is 12.8 Å². The normalized spacial score (nSPS) is 18.2. The summed E-state index contributed by atoms with van der Waals surface area (Å²) in [5.41, 5.74) is 0.999. The molecule has 1 aliphatic heterocycles. The van der Waals surface area contributed by atoms with Gasteiger partial charge in [-0.2, -0.15) is 14.4 Å². The average Bonchev–Trinajstić information content (AvgIpc) is 3.31. The van der Waals surface area contributed by atoms with Crippen molar-refractivity contribution < 1.29 is 22.1 Å². The monoisotopic (exact) mass is 421 g/mol. The van der Waals surface area contributed by atoms with Crippen molar-refractivity contribution >= 4 is 10.0 Å². The molecule has 0 bridgehead atoms. The van der Waals surface area contributed by atoms with Crippen LogP contribution in [0.25, 0.3) is 0 Å². The van der Waals surface area contributed by atoms with Crippen LogP contribution in [-0.4, -0.2) is 52.3 Å². The van der Waals surface area contributed by atoms with Crippen molar-refractivity contribution in [3.05, 3.63) is 59.3 Å². The Labute approximate surface area is 167 Å². The van der Waals surface area contributed by atoms with E-state index in [-0.39, 0.29) is 42.7 Å². The summed E-state index contributed by atoms with van der Waals surface area (Å²) in [7, 11) is -2.04. The molecule has 1 aliphatic rings. The van der Waals surface area contributed by atoms with E-state index < -0.39 is 16.1 Å². The zero-order valence-corrected chi connectivity index (χ0v) is 16.8. The van der Waals surface area contributed by atoms with E-state index in [0.717, 1.165) is 0 Å². The van der Waals surface area contributed by atoms with Gasteiger partial charge < -0.3 is 9.26 Å². The summed E-state index contributed by atoms with van der Waals surface area (Å²) in [6.45, 7) is 2.14. The van der Waals surface area contributed by atoms with E-state index in [4.69, 9.17) is 9.26 Å². The molecule has 1 fully saturated rings. The third kappa shape index (κ3) is 3.80. The fraction of sp³-hybridized carbons (Fsp3) is 0.389. The number of ether oxygens (including phenoxy) is 1. The van der Waals surface area contributed by atoms with Crippen LogP contribution in [0.1, 0.15) is 29.1 Å². The molecule has 154 valence electrons. The minimum atomic E-state index is -3.73. The smallest absolute Gasteiger partial charge is 0.257 e. The first-order valence-electron chi connectivity index (χ1n) is 9.02.